The summed E-state index contributed by atoms with van der Waals surface area (Å²) < 4.78 is 5.19. The van der Waals surface area contributed by atoms with Crippen LogP contribution in [0.1, 0.15) is 56.2 Å². The van der Waals surface area contributed by atoms with Gasteiger partial charge in [0.15, 0.2) is 0 Å². The van der Waals surface area contributed by atoms with Crippen molar-refractivity contribution in [2.75, 3.05) is 13.6 Å². The average Bonchev–Trinajstić information content (AvgIpc) is 3.05. The molecular weight excluding hydrogens is 244 g/mol. The highest BCUT2D eigenvalue weighted by Gasteiger charge is 2.27. The number of nitrogens with zero attached hydrogens (tertiary/aromatic N) is 3. The maximum Gasteiger partial charge on any atom is 0.295 e. The van der Waals surface area contributed by atoms with E-state index in [2.05, 4.69) is 29.3 Å². The van der Waals surface area contributed by atoms with E-state index in [4.69, 9.17) is 4.52 Å². The summed E-state index contributed by atoms with van der Waals surface area (Å²) >= 11 is 0. The van der Waals surface area contributed by atoms with Gasteiger partial charge in [-0.05, 0) is 32.2 Å². The lowest BCUT2D eigenvalue weighted by molar-refractivity contribution is 0.0691. The van der Waals surface area contributed by atoms with Gasteiger partial charge in [0.25, 0.3) is 11.7 Å². The molecule has 6 heteroatoms. The topological polar surface area (TPSA) is 71.3 Å². The number of rotatable bonds is 4. The van der Waals surface area contributed by atoms with Crippen LogP contribution in [0.5, 0.6) is 0 Å². The molecule has 1 amide bonds. The third-order valence-corrected chi connectivity index (χ3v) is 3.89. The van der Waals surface area contributed by atoms with Gasteiger partial charge >= 0.3 is 0 Å². The summed E-state index contributed by atoms with van der Waals surface area (Å²) in [6, 6.07) is 0.237. The van der Waals surface area contributed by atoms with Gasteiger partial charge < -0.3 is 14.7 Å². The van der Waals surface area contributed by atoms with Gasteiger partial charge in [0, 0.05) is 13.1 Å². The first-order valence-corrected chi connectivity index (χ1v) is 6.85. The van der Waals surface area contributed by atoms with Crippen molar-refractivity contribution >= 4 is 5.91 Å². The van der Waals surface area contributed by atoms with Crippen molar-refractivity contribution in [1.82, 2.24) is 20.4 Å². The van der Waals surface area contributed by atoms with Gasteiger partial charge in [-0.1, -0.05) is 19.0 Å². The Morgan fingerprint density at radius 2 is 2.21 bits per heavy atom. The number of carbonyl (C=O) groups is 1. The molecule has 2 atom stereocenters. The minimum atomic E-state index is -0.186. The number of aromatic nitrogens is 2. The Balaban J connectivity index is 2.07. The van der Waals surface area contributed by atoms with Crippen molar-refractivity contribution in [3.8, 4) is 0 Å². The molecule has 0 radical (unpaired) electrons. The van der Waals surface area contributed by atoms with E-state index in [1.165, 1.54) is 0 Å². The summed E-state index contributed by atoms with van der Waals surface area (Å²) in [5.41, 5.74) is 0. The van der Waals surface area contributed by atoms with Crippen LogP contribution >= 0.6 is 0 Å². The predicted octanol–water partition coefficient (Wildman–Crippen LogP) is 1.61. The minimum Gasteiger partial charge on any atom is -0.337 e. The molecule has 0 aromatic carbocycles. The fourth-order valence-electron chi connectivity index (χ4n) is 2.15. The van der Waals surface area contributed by atoms with E-state index in [1.807, 2.05) is 6.92 Å². The van der Waals surface area contributed by atoms with Gasteiger partial charge in [-0.25, -0.2) is 0 Å². The Labute approximate surface area is 113 Å². The molecule has 1 fully saturated rings. The van der Waals surface area contributed by atoms with Gasteiger partial charge in [-0.15, -0.1) is 0 Å². The normalized spacial score (nSPS) is 20.8. The second-order valence-corrected chi connectivity index (χ2v) is 5.51. The van der Waals surface area contributed by atoms with Gasteiger partial charge in [-0.3, -0.25) is 4.79 Å². The van der Waals surface area contributed by atoms with E-state index < -0.39 is 0 Å². The summed E-state index contributed by atoms with van der Waals surface area (Å²) in [6.07, 6.45) is 2.08. The first-order valence-electron chi connectivity index (χ1n) is 6.85. The van der Waals surface area contributed by atoms with E-state index in [9.17, 15) is 4.79 Å². The fourth-order valence-corrected chi connectivity index (χ4v) is 2.15. The van der Waals surface area contributed by atoms with Crippen molar-refractivity contribution in [1.29, 1.82) is 0 Å². The molecule has 0 aliphatic carbocycles. The summed E-state index contributed by atoms with van der Waals surface area (Å²) in [7, 11) is 1.77. The molecule has 2 unspecified atom stereocenters. The Morgan fingerprint density at radius 1 is 1.47 bits per heavy atom. The summed E-state index contributed by atoms with van der Waals surface area (Å²) in [5.74, 6) is 0.871. The zero-order valence-corrected chi connectivity index (χ0v) is 12.0. The van der Waals surface area contributed by atoms with Crippen LogP contribution in [0.15, 0.2) is 4.52 Å². The molecule has 2 heterocycles. The molecule has 19 heavy (non-hydrogen) atoms. The molecule has 106 valence electrons. The molecule has 0 saturated carbocycles. The lowest BCUT2D eigenvalue weighted by atomic mass is 10.1. The zero-order valence-electron chi connectivity index (χ0n) is 12.0. The highest BCUT2D eigenvalue weighted by atomic mass is 16.5. The Kier molecular flexibility index (Phi) is 4.19. The molecule has 0 spiro atoms. The second kappa shape index (κ2) is 5.69. The van der Waals surface area contributed by atoms with Gasteiger partial charge in [0.1, 0.15) is 0 Å². The predicted molar refractivity (Wildman–Crippen MR) is 70.7 cm³/mol. The van der Waals surface area contributed by atoms with Gasteiger partial charge in [-0.2, -0.15) is 4.98 Å². The standard InChI is InChI=1S/C13H22N4O2/c1-8(2)9(3)17(4)13(18)11-15-12(19-16-11)10-6-5-7-14-10/h8-10,14H,5-7H2,1-4H3. The quantitative estimate of drug-likeness (QED) is 0.896. The van der Waals surface area contributed by atoms with E-state index in [0.29, 0.717) is 11.8 Å². The highest BCUT2D eigenvalue weighted by Crippen LogP contribution is 2.21. The molecule has 6 nitrogen and oxygen atoms in total. The molecule has 1 aromatic rings. The van der Waals surface area contributed by atoms with Crippen LogP contribution in [-0.2, 0) is 0 Å². The summed E-state index contributed by atoms with van der Waals surface area (Å²) in [5, 5.41) is 7.08. The Morgan fingerprint density at radius 3 is 2.79 bits per heavy atom. The largest absolute Gasteiger partial charge is 0.337 e. The van der Waals surface area contributed by atoms with Crippen molar-refractivity contribution < 1.29 is 9.32 Å². The fraction of sp³-hybridized carbons (Fsp3) is 0.769. The first kappa shape index (κ1) is 14.0. The SMILES string of the molecule is CC(C)C(C)N(C)C(=O)c1noc(C2CCCN2)n1. The van der Waals surface area contributed by atoms with Gasteiger partial charge in [0.05, 0.1) is 6.04 Å². The number of nitrogens with one attached hydrogen (secondary N) is 1. The van der Waals surface area contributed by atoms with Crippen LogP contribution in [0.25, 0.3) is 0 Å². The maximum atomic E-state index is 12.2. The van der Waals surface area contributed by atoms with Crippen LogP contribution in [-0.4, -0.2) is 40.6 Å². The van der Waals surface area contributed by atoms with Crippen LogP contribution in [0.2, 0.25) is 0 Å². The van der Waals surface area contributed by atoms with E-state index >= 15 is 0 Å². The highest BCUT2D eigenvalue weighted by molar-refractivity contribution is 5.90. The van der Waals surface area contributed by atoms with Gasteiger partial charge in [0.2, 0.25) is 5.89 Å². The zero-order chi connectivity index (χ0) is 14.0. The third-order valence-electron chi connectivity index (χ3n) is 3.89. The monoisotopic (exact) mass is 266 g/mol. The van der Waals surface area contributed by atoms with E-state index in [0.717, 1.165) is 19.4 Å². The maximum absolute atomic E-state index is 12.2. The lowest BCUT2D eigenvalue weighted by Gasteiger charge is -2.26. The number of carbonyl (C=O) groups excluding carboxylic acids is 1. The molecular formula is C13H22N4O2. The smallest absolute Gasteiger partial charge is 0.295 e. The van der Waals surface area contributed by atoms with Crippen LogP contribution in [0, 0.1) is 5.92 Å². The molecule has 1 aliphatic rings. The number of hydrogen-bond acceptors (Lipinski definition) is 5. The molecule has 0 bridgehead atoms. The third kappa shape index (κ3) is 2.94. The van der Waals surface area contributed by atoms with E-state index in [-0.39, 0.29) is 23.8 Å². The van der Waals surface area contributed by atoms with Crippen LogP contribution in [0.3, 0.4) is 0 Å². The minimum absolute atomic E-state index is 0.0990. The van der Waals surface area contributed by atoms with Crippen molar-refractivity contribution in [3.05, 3.63) is 11.7 Å². The molecule has 1 aromatic heterocycles. The molecule has 1 saturated heterocycles. The van der Waals surface area contributed by atoms with Crippen molar-refractivity contribution in [2.45, 2.75) is 45.7 Å². The van der Waals surface area contributed by atoms with Crippen LogP contribution in [0.4, 0.5) is 0 Å². The summed E-state index contributed by atoms with van der Waals surface area (Å²) in [4.78, 5) is 18.1. The Hall–Kier alpha value is -1.43. The molecule has 1 aliphatic heterocycles. The van der Waals surface area contributed by atoms with Crippen molar-refractivity contribution in [3.63, 3.8) is 0 Å². The second-order valence-electron chi connectivity index (χ2n) is 5.51. The van der Waals surface area contributed by atoms with Crippen molar-refractivity contribution in [2.24, 2.45) is 5.92 Å². The Bertz CT molecular complexity index is 438. The molecule has 2 rings (SSSR count). The molecule has 1 N–H and O–H groups in total. The summed E-state index contributed by atoms with van der Waals surface area (Å²) in [6.45, 7) is 7.14. The number of amides is 1. The number of hydrogen-bond donors (Lipinski definition) is 1. The first-order chi connectivity index (χ1) is 9.00. The van der Waals surface area contributed by atoms with Crippen LogP contribution < -0.4 is 5.32 Å². The van der Waals surface area contributed by atoms with E-state index in [1.54, 1.807) is 11.9 Å². The average molecular weight is 266 g/mol. The lowest BCUT2D eigenvalue weighted by Crippen LogP contribution is -2.38.